The van der Waals surface area contributed by atoms with E-state index in [0.717, 1.165) is 35.6 Å². The third-order valence-electron chi connectivity index (χ3n) is 4.21. The molecule has 0 atom stereocenters. The van der Waals surface area contributed by atoms with Crippen molar-refractivity contribution in [3.05, 3.63) is 53.3 Å². The number of hydrogen-bond acceptors (Lipinski definition) is 5. The molecule has 0 amide bonds. The Hall–Kier alpha value is -2.82. The number of oxime groups is 1. The summed E-state index contributed by atoms with van der Waals surface area (Å²) in [6, 6.07) is 11.4. The van der Waals surface area contributed by atoms with Crippen LogP contribution >= 0.6 is 0 Å². The quantitative estimate of drug-likeness (QED) is 0.482. The first-order valence-corrected chi connectivity index (χ1v) is 8.46. The van der Waals surface area contributed by atoms with Crippen LogP contribution in [0.2, 0.25) is 0 Å². The van der Waals surface area contributed by atoms with Gasteiger partial charge in [-0.15, -0.1) is 0 Å². The van der Waals surface area contributed by atoms with Gasteiger partial charge in [-0.1, -0.05) is 23.4 Å². The second-order valence-electron chi connectivity index (χ2n) is 6.00. The van der Waals surface area contributed by atoms with Crippen LogP contribution in [-0.4, -0.2) is 29.6 Å². The Morgan fingerprint density at radius 1 is 1.08 bits per heavy atom. The number of aromatic nitrogens is 1. The summed E-state index contributed by atoms with van der Waals surface area (Å²) in [6.07, 6.45) is 10.1. The lowest BCUT2D eigenvalue weighted by atomic mass is 10.1. The SMILES string of the molecule is COc1ccc(/C=C\c2cccc(/C=N\O)n2)cc1OC1CCCC1. The average molecular weight is 338 g/mol. The Kier molecular flexibility index (Phi) is 5.67. The van der Waals surface area contributed by atoms with Crippen molar-refractivity contribution in [1.82, 2.24) is 4.98 Å². The normalized spacial score (nSPS) is 15.2. The summed E-state index contributed by atoms with van der Waals surface area (Å²) < 4.78 is 11.5. The van der Waals surface area contributed by atoms with Crippen molar-refractivity contribution >= 4 is 18.4 Å². The molecule has 1 aromatic heterocycles. The molecule has 0 radical (unpaired) electrons. The van der Waals surface area contributed by atoms with E-state index in [1.807, 2.05) is 42.5 Å². The highest BCUT2D eigenvalue weighted by molar-refractivity contribution is 5.77. The lowest BCUT2D eigenvalue weighted by molar-refractivity contribution is 0.201. The minimum Gasteiger partial charge on any atom is -0.493 e. The second kappa shape index (κ2) is 8.33. The van der Waals surface area contributed by atoms with Gasteiger partial charge in [0.1, 0.15) is 0 Å². The standard InChI is InChI=1S/C20H22N2O3/c1-24-19-12-10-15(13-20(19)25-18-7-2-3-8-18)9-11-16-5-4-6-17(22-16)14-21-23/h4-6,9-14,18,23H,2-3,7-8H2,1H3/b11-9-,21-14-. The molecule has 0 unspecified atom stereocenters. The van der Waals surface area contributed by atoms with Crippen molar-refractivity contribution in [1.29, 1.82) is 0 Å². The van der Waals surface area contributed by atoms with Gasteiger partial charge in [-0.25, -0.2) is 4.98 Å². The summed E-state index contributed by atoms with van der Waals surface area (Å²) in [5.41, 5.74) is 2.40. The van der Waals surface area contributed by atoms with Crippen molar-refractivity contribution in [3.63, 3.8) is 0 Å². The number of pyridine rings is 1. The molecule has 1 saturated carbocycles. The monoisotopic (exact) mass is 338 g/mol. The van der Waals surface area contributed by atoms with E-state index in [-0.39, 0.29) is 6.10 Å². The van der Waals surface area contributed by atoms with Crippen molar-refractivity contribution in [3.8, 4) is 11.5 Å². The minimum absolute atomic E-state index is 0.282. The zero-order valence-corrected chi connectivity index (χ0v) is 14.3. The van der Waals surface area contributed by atoms with E-state index in [2.05, 4.69) is 10.1 Å². The van der Waals surface area contributed by atoms with Gasteiger partial charge in [0.2, 0.25) is 0 Å². The number of nitrogens with zero attached hydrogens (tertiary/aromatic N) is 2. The number of rotatable bonds is 6. The summed E-state index contributed by atoms with van der Waals surface area (Å²) >= 11 is 0. The van der Waals surface area contributed by atoms with E-state index in [4.69, 9.17) is 14.7 Å². The average Bonchev–Trinajstić information content (AvgIpc) is 3.14. The van der Waals surface area contributed by atoms with E-state index in [1.165, 1.54) is 19.1 Å². The van der Waals surface area contributed by atoms with Crippen LogP contribution in [0.25, 0.3) is 12.2 Å². The maximum Gasteiger partial charge on any atom is 0.162 e. The van der Waals surface area contributed by atoms with E-state index in [1.54, 1.807) is 13.2 Å². The largest absolute Gasteiger partial charge is 0.493 e. The van der Waals surface area contributed by atoms with Crippen molar-refractivity contribution < 1.29 is 14.7 Å². The number of benzene rings is 1. The maximum atomic E-state index is 8.60. The summed E-state index contributed by atoms with van der Waals surface area (Å²) in [5.74, 6) is 1.54. The molecule has 1 aromatic carbocycles. The molecule has 130 valence electrons. The predicted molar refractivity (Wildman–Crippen MR) is 98.4 cm³/mol. The van der Waals surface area contributed by atoms with Crippen molar-refractivity contribution in [2.45, 2.75) is 31.8 Å². The number of ether oxygens (including phenoxy) is 2. The minimum atomic E-state index is 0.282. The number of hydrogen-bond donors (Lipinski definition) is 1. The Morgan fingerprint density at radius 3 is 2.64 bits per heavy atom. The van der Waals surface area contributed by atoms with E-state index >= 15 is 0 Å². The molecule has 5 nitrogen and oxygen atoms in total. The first-order valence-electron chi connectivity index (χ1n) is 8.46. The molecule has 0 bridgehead atoms. The molecule has 1 N–H and O–H groups in total. The van der Waals surface area contributed by atoms with Gasteiger partial charge in [0, 0.05) is 0 Å². The smallest absolute Gasteiger partial charge is 0.162 e. The first kappa shape index (κ1) is 17.0. The van der Waals surface area contributed by atoms with Crippen molar-refractivity contribution in [2.24, 2.45) is 5.16 Å². The fraction of sp³-hybridized carbons (Fsp3) is 0.300. The summed E-state index contributed by atoms with van der Waals surface area (Å²) in [6.45, 7) is 0. The maximum absolute atomic E-state index is 8.60. The van der Waals surface area contributed by atoms with Crippen LogP contribution in [0.15, 0.2) is 41.6 Å². The second-order valence-corrected chi connectivity index (χ2v) is 6.00. The van der Waals surface area contributed by atoms with Crippen molar-refractivity contribution in [2.75, 3.05) is 7.11 Å². The molecule has 1 heterocycles. The van der Waals surface area contributed by atoms with Gasteiger partial charge in [-0.05, 0) is 61.6 Å². The Bertz CT molecular complexity index is 765. The predicted octanol–water partition coefficient (Wildman–Crippen LogP) is 4.39. The third-order valence-corrected chi connectivity index (χ3v) is 4.21. The van der Waals surface area contributed by atoms with Crippen LogP contribution < -0.4 is 9.47 Å². The molecule has 1 aliphatic rings. The van der Waals surface area contributed by atoms with Gasteiger partial charge in [-0.2, -0.15) is 0 Å². The fourth-order valence-corrected chi connectivity index (χ4v) is 2.95. The third kappa shape index (κ3) is 4.59. The van der Waals surface area contributed by atoms with Gasteiger partial charge < -0.3 is 14.7 Å². The van der Waals surface area contributed by atoms with E-state index < -0.39 is 0 Å². The van der Waals surface area contributed by atoms with Crippen LogP contribution in [0.1, 0.15) is 42.6 Å². The Labute approximate surface area is 147 Å². The molecule has 1 aliphatic carbocycles. The molecular weight excluding hydrogens is 316 g/mol. The molecule has 0 spiro atoms. The molecule has 3 rings (SSSR count). The number of methoxy groups -OCH3 is 1. The van der Waals surface area contributed by atoms with Gasteiger partial charge in [0.15, 0.2) is 11.5 Å². The Balaban J connectivity index is 1.78. The van der Waals surface area contributed by atoms with Gasteiger partial charge in [-0.3, -0.25) is 0 Å². The fourth-order valence-electron chi connectivity index (χ4n) is 2.95. The summed E-state index contributed by atoms with van der Waals surface area (Å²) in [4.78, 5) is 4.36. The molecular formula is C20H22N2O3. The van der Waals surface area contributed by atoms with Crippen LogP contribution in [0.4, 0.5) is 0 Å². The van der Waals surface area contributed by atoms with E-state index in [0.29, 0.717) is 5.69 Å². The lowest BCUT2D eigenvalue weighted by Gasteiger charge is -2.16. The van der Waals surface area contributed by atoms with Crippen LogP contribution in [-0.2, 0) is 0 Å². The highest BCUT2D eigenvalue weighted by Gasteiger charge is 2.18. The summed E-state index contributed by atoms with van der Waals surface area (Å²) in [5, 5.41) is 11.6. The molecule has 2 aromatic rings. The van der Waals surface area contributed by atoms with Gasteiger partial charge in [0.25, 0.3) is 0 Å². The first-order chi connectivity index (χ1) is 12.3. The topological polar surface area (TPSA) is 63.9 Å². The molecule has 0 saturated heterocycles. The Morgan fingerprint density at radius 2 is 1.88 bits per heavy atom. The van der Waals surface area contributed by atoms with E-state index in [9.17, 15) is 0 Å². The van der Waals surface area contributed by atoms with Gasteiger partial charge >= 0.3 is 0 Å². The van der Waals surface area contributed by atoms with Gasteiger partial charge in [0.05, 0.1) is 30.8 Å². The molecule has 1 fully saturated rings. The highest BCUT2D eigenvalue weighted by Crippen LogP contribution is 2.32. The highest BCUT2D eigenvalue weighted by atomic mass is 16.5. The molecule has 25 heavy (non-hydrogen) atoms. The summed E-state index contributed by atoms with van der Waals surface area (Å²) in [7, 11) is 1.66. The molecule has 5 heteroatoms. The van der Waals surface area contributed by atoms with Crippen LogP contribution in [0.3, 0.4) is 0 Å². The van der Waals surface area contributed by atoms with Crippen LogP contribution in [0, 0.1) is 0 Å². The zero-order chi connectivity index (χ0) is 17.5. The lowest BCUT2D eigenvalue weighted by Crippen LogP contribution is -2.11. The zero-order valence-electron chi connectivity index (χ0n) is 14.3. The van der Waals surface area contributed by atoms with Crippen LogP contribution in [0.5, 0.6) is 11.5 Å². The molecule has 0 aliphatic heterocycles.